The molecule has 2 amide bonds. The van der Waals surface area contributed by atoms with Crippen LogP contribution in [0, 0.1) is 0 Å². The number of fused-ring (bicyclic) bond motifs is 2. The molecule has 4 aromatic rings. The number of anilines is 2. The number of pyridine rings is 2. The van der Waals surface area contributed by atoms with E-state index in [0.29, 0.717) is 58.7 Å². The molecule has 6 heterocycles. The second kappa shape index (κ2) is 15.6. The van der Waals surface area contributed by atoms with Gasteiger partial charge in [-0.15, -0.1) is 0 Å². The summed E-state index contributed by atoms with van der Waals surface area (Å²) in [5.41, 5.74) is 5.26. The van der Waals surface area contributed by atoms with Gasteiger partial charge in [-0.2, -0.15) is 0 Å². The Morgan fingerprint density at radius 1 is 0.603 bits per heavy atom. The molecule has 2 atom stereocenters. The number of carbonyl (C=O) groups excluding carboxylic acids is 2. The molecule has 58 heavy (non-hydrogen) atoms. The molecule has 4 aliphatic heterocycles. The molecule has 12 nitrogen and oxygen atoms in total. The number of amides is 2. The van der Waals surface area contributed by atoms with Gasteiger partial charge >= 0.3 is 0 Å². The normalized spacial score (nSPS) is 22.0. The van der Waals surface area contributed by atoms with Crippen LogP contribution in [0.5, 0.6) is 0 Å². The first-order valence-corrected chi connectivity index (χ1v) is 23.7. The van der Waals surface area contributed by atoms with E-state index < -0.39 is 31.1 Å². The van der Waals surface area contributed by atoms with Gasteiger partial charge in [0.15, 0.2) is 0 Å². The third-order valence-electron chi connectivity index (χ3n) is 11.9. The van der Waals surface area contributed by atoms with E-state index in [1.165, 1.54) is 21.1 Å². The Morgan fingerprint density at radius 3 is 1.34 bits per heavy atom. The number of rotatable bonds is 6. The predicted octanol–water partition coefficient (Wildman–Crippen LogP) is 7.54. The molecule has 2 saturated heterocycles. The lowest BCUT2D eigenvalue weighted by Gasteiger charge is -2.34. The Kier molecular flexibility index (Phi) is 11.4. The zero-order chi connectivity index (χ0) is 41.9. The van der Waals surface area contributed by atoms with E-state index in [9.17, 15) is 26.4 Å². The van der Waals surface area contributed by atoms with E-state index in [4.69, 9.17) is 23.2 Å². The number of carbonyl (C=O) groups is 2. The highest BCUT2D eigenvalue weighted by Crippen LogP contribution is 2.45. The molecule has 2 aromatic heterocycles. The minimum atomic E-state index is -3.22. The molecule has 0 bridgehead atoms. The summed E-state index contributed by atoms with van der Waals surface area (Å²) in [6.45, 7) is 9.95. The SMILES string of the molecule is CC1(C)c2cc(Cl)ccc2C(=O)N1c1cncc(C2CCCN(S(C)(=O)=O)C2)c1.CC1(C)c2cc(Cl)ccc2C(=O)N1c1cncc(C2CCCN(S(C)(=O)=O)C2)c1. The lowest BCUT2D eigenvalue weighted by molar-refractivity contribution is 0.0973. The number of nitrogens with zero attached hydrogens (tertiary/aromatic N) is 6. The summed E-state index contributed by atoms with van der Waals surface area (Å²) in [5, 5.41) is 1.20. The Hall–Kier alpha value is -3.92. The Bertz CT molecular complexity index is 2340. The smallest absolute Gasteiger partial charge is 0.259 e. The van der Waals surface area contributed by atoms with Crippen molar-refractivity contribution in [1.29, 1.82) is 0 Å². The van der Waals surface area contributed by atoms with Gasteiger partial charge < -0.3 is 0 Å². The minimum Gasteiger partial charge on any atom is -0.297 e. The van der Waals surface area contributed by atoms with Gasteiger partial charge in [0.1, 0.15) is 0 Å². The summed E-state index contributed by atoms with van der Waals surface area (Å²) in [5.74, 6) is -0.0452. The number of sulfonamides is 2. The molecule has 16 heteroatoms. The lowest BCUT2D eigenvalue weighted by atomic mass is 9.91. The molecule has 0 radical (unpaired) electrons. The van der Waals surface area contributed by atoms with Gasteiger partial charge in [-0.1, -0.05) is 23.2 Å². The highest BCUT2D eigenvalue weighted by atomic mass is 35.5. The second-order valence-corrected chi connectivity index (χ2v) is 21.5. The van der Waals surface area contributed by atoms with Crippen molar-refractivity contribution in [3.05, 3.63) is 117 Å². The van der Waals surface area contributed by atoms with Gasteiger partial charge in [0.25, 0.3) is 11.8 Å². The standard InChI is InChI=1S/2C21H24ClN3O3S/c2*1-21(2)19-10-16(22)6-7-18(19)20(26)25(21)17-9-15(11-23-12-17)14-5-4-8-24(13-14)29(3,27)28/h2*6-7,9-12,14H,4-5,8,13H2,1-3H3. The minimum absolute atomic E-state index is 0.0589. The summed E-state index contributed by atoms with van der Waals surface area (Å²) in [7, 11) is -6.45. The van der Waals surface area contributed by atoms with E-state index in [2.05, 4.69) is 9.97 Å². The van der Waals surface area contributed by atoms with E-state index in [1.807, 2.05) is 52.0 Å². The van der Waals surface area contributed by atoms with Crippen LogP contribution in [-0.2, 0) is 31.1 Å². The van der Waals surface area contributed by atoms with Crippen molar-refractivity contribution >= 4 is 66.4 Å². The van der Waals surface area contributed by atoms with Crippen LogP contribution in [0.15, 0.2) is 73.3 Å². The molecule has 2 fully saturated rings. The lowest BCUT2D eigenvalue weighted by Crippen LogP contribution is -2.40. The summed E-state index contributed by atoms with van der Waals surface area (Å²) < 4.78 is 50.9. The maximum absolute atomic E-state index is 13.2. The molecule has 308 valence electrons. The molecule has 8 rings (SSSR count). The summed E-state index contributed by atoms with van der Waals surface area (Å²) in [6, 6.07) is 14.6. The van der Waals surface area contributed by atoms with Gasteiger partial charge in [-0.25, -0.2) is 25.4 Å². The Morgan fingerprint density at radius 2 is 0.983 bits per heavy atom. The molecule has 0 N–H and O–H groups in total. The van der Waals surface area contributed by atoms with Gasteiger partial charge in [0.2, 0.25) is 20.0 Å². The van der Waals surface area contributed by atoms with Gasteiger partial charge in [0.05, 0.1) is 47.4 Å². The maximum Gasteiger partial charge on any atom is 0.259 e. The first-order chi connectivity index (χ1) is 27.2. The summed E-state index contributed by atoms with van der Waals surface area (Å²) in [6.07, 6.45) is 12.8. The van der Waals surface area contributed by atoms with Crippen LogP contribution in [0.1, 0.15) is 108 Å². The first-order valence-electron chi connectivity index (χ1n) is 19.3. The fourth-order valence-electron chi connectivity index (χ4n) is 8.90. The zero-order valence-corrected chi connectivity index (χ0v) is 36.6. The summed E-state index contributed by atoms with van der Waals surface area (Å²) in [4.78, 5) is 38.6. The van der Waals surface area contributed by atoms with Crippen molar-refractivity contribution in [1.82, 2.24) is 18.6 Å². The average Bonchev–Trinajstić information content (AvgIpc) is 3.50. The van der Waals surface area contributed by atoms with Crippen molar-refractivity contribution in [3.63, 3.8) is 0 Å². The highest BCUT2D eigenvalue weighted by molar-refractivity contribution is 7.88. The molecular weight excluding hydrogens is 820 g/mol. The fraction of sp³-hybridized carbons (Fsp3) is 0.429. The van der Waals surface area contributed by atoms with Gasteiger partial charge in [0, 0.05) is 59.7 Å². The van der Waals surface area contributed by atoms with Crippen LogP contribution in [0.25, 0.3) is 0 Å². The van der Waals surface area contributed by atoms with Crippen molar-refractivity contribution in [2.45, 2.75) is 76.3 Å². The van der Waals surface area contributed by atoms with Crippen LogP contribution in [0.2, 0.25) is 10.0 Å². The predicted molar refractivity (Wildman–Crippen MR) is 228 cm³/mol. The van der Waals surface area contributed by atoms with Crippen LogP contribution in [0.4, 0.5) is 11.4 Å². The van der Waals surface area contributed by atoms with Gasteiger partial charge in [-0.05, 0) is 136 Å². The topological polar surface area (TPSA) is 141 Å². The van der Waals surface area contributed by atoms with Crippen molar-refractivity contribution in [2.75, 3.05) is 48.5 Å². The van der Waals surface area contributed by atoms with Crippen LogP contribution < -0.4 is 9.80 Å². The quantitative estimate of drug-likeness (QED) is 0.194. The van der Waals surface area contributed by atoms with E-state index >= 15 is 0 Å². The fourth-order valence-corrected chi connectivity index (χ4v) is 11.1. The van der Waals surface area contributed by atoms with E-state index in [0.717, 1.165) is 47.9 Å². The van der Waals surface area contributed by atoms with Crippen LogP contribution in [0.3, 0.4) is 0 Å². The van der Waals surface area contributed by atoms with Crippen molar-refractivity contribution < 1.29 is 26.4 Å². The van der Waals surface area contributed by atoms with Crippen LogP contribution >= 0.6 is 23.2 Å². The molecule has 2 aromatic carbocycles. The average molecular weight is 868 g/mol. The highest BCUT2D eigenvalue weighted by Gasteiger charge is 2.45. The zero-order valence-electron chi connectivity index (χ0n) is 33.4. The third kappa shape index (κ3) is 8.03. The molecule has 2 unspecified atom stereocenters. The third-order valence-corrected chi connectivity index (χ3v) is 14.9. The summed E-state index contributed by atoms with van der Waals surface area (Å²) >= 11 is 12.3. The van der Waals surface area contributed by atoms with Gasteiger partial charge in [-0.3, -0.25) is 29.4 Å². The molecule has 0 aliphatic carbocycles. The monoisotopic (exact) mass is 866 g/mol. The number of piperidine rings is 2. The number of aromatic nitrogens is 2. The number of hydrogen-bond donors (Lipinski definition) is 0. The number of benzene rings is 2. The molecular formula is C42H48Cl2N6O6S2. The Labute approximate surface area is 351 Å². The van der Waals surface area contributed by atoms with E-state index in [-0.39, 0.29) is 23.7 Å². The van der Waals surface area contributed by atoms with Crippen molar-refractivity contribution in [3.8, 4) is 0 Å². The number of hydrogen-bond acceptors (Lipinski definition) is 8. The maximum atomic E-state index is 13.2. The van der Waals surface area contributed by atoms with Crippen LogP contribution in [-0.4, -0.2) is 85.9 Å². The first kappa shape index (κ1) is 42.2. The largest absolute Gasteiger partial charge is 0.297 e. The van der Waals surface area contributed by atoms with E-state index in [1.54, 1.807) is 58.9 Å². The second-order valence-electron chi connectivity index (χ2n) is 16.7. The van der Waals surface area contributed by atoms with Crippen molar-refractivity contribution in [2.24, 2.45) is 0 Å². The molecule has 0 spiro atoms. The molecule has 0 saturated carbocycles. The molecule has 4 aliphatic rings. The number of halogens is 2. The Balaban J connectivity index is 0.000000177.